The van der Waals surface area contributed by atoms with Crippen molar-refractivity contribution in [2.24, 2.45) is 0 Å². The molecular formula is C8H15ClN2O3S. The smallest absolute Gasteiger partial charge is 0.235 e. The number of halogens is 1. The summed E-state index contributed by atoms with van der Waals surface area (Å²) in [7, 11) is -3.09. The van der Waals surface area contributed by atoms with Gasteiger partial charge in [0.15, 0.2) is 0 Å². The van der Waals surface area contributed by atoms with Crippen LogP contribution < -0.4 is 5.32 Å². The molecule has 1 heterocycles. The van der Waals surface area contributed by atoms with Crippen LogP contribution in [0.3, 0.4) is 0 Å². The molecule has 0 aromatic heterocycles. The summed E-state index contributed by atoms with van der Waals surface area (Å²) in [5, 5.41) is 2.75. The van der Waals surface area contributed by atoms with E-state index < -0.39 is 10.0 Å². The van der Waals surface area contributed by atoms with Crippen molar-refractivity contribution in [2.45, 2.75) is 18.9 Å². The van der Waals surface area contributed by atoms with Gasteiger partial charge < -0.3 is 5.32 Å². The van der Waals surface area contributed by atoms with Crippen molar-refractivity contribution in [3.63, 3.8) is 0 Å². The molecule has 1 fully saturated rings. The summed E-state index contributed by atoms with van der Waals surface area (Å²) in [6.45, 7) is 0.929. The number of hydrogen-bond donors (Lipinski definition) is 1. The molecule has 0 aromatic rings. The third-order valence-corrected chi connectivity index (χ3v) is 3.96. The minimum absolute atomic E-state index is 0.0493. The highest BCUT2D eigenvalue weighted by atomic mass is 35.5. The fraction of sp³-hybridized carbons (Fsp3) is 0.875. The maximum atomic E-state index is 11.2. The Bertz CT molecular complexity index is 323. The average Bonchev–Trinajstić information content (AvgIpc) is 2.17. The zero-order chi connectivity index (χ0) is 11.5. The van der Waals surface area contributed by atoms with Gasteiger partial charge in [-0.1, -0.05) is 0 Å². The molecule has 0 atom stereocenters. The molecule has 1 amide bonds. The Morgan fingerprint density at radius 3 is 2.40 bits per heavy atom. The normalized spacial score (nSPS) is 20.1. The van der Waals surface area contributed by atoms with E-state index in [1.165, 1.54) is 10.6 Å². The van der Waals surface area contributed by atoms with Crippen LogP contribution in [0.4, 0.5) is 0 Å². The number of alkyl halides is 1. The van der Waals surface area contributed by atoms with E-state index in [1.807, 2.05) is 0 Å². The highest BCUT2D eigenvalue weighted by Gasteiger charge is 2.25. The number of nitrogens with zero attached hydrogens (tertiary/aromatic N) is 1. The van der Waals surface area contributed by atoms with Gasteiger partial charge in [0.25, 0.3) is 0 Å². The molecule has 7 heteroatoms. The molecule has 15 heavy (non-hydrogen) atoms. The Balaban J connectivity index is 2.40. The number of sulfonamides is 1. The number of hydrogen-bond acceptors (Lipinski definition) is 3. The number of carbonyl (C=O) groups is 1. The summed E-state index contributed by atoms with van der Waals surface area (Å²) < 4.78 is 23.8. The van der Waals surface area contributed by atoms with Crippen molar-refractivity contribution >= 4 is 27.5 Å². The molecule has 1 N–H and O–H groups in total. The Hall–Kier alpha value is -0.330. The van der Waals surface area contributed by atoms with Gasteiger partial charge in [-0.05, 0) is 12.8 Å². The highest BCUT2D eigenvalue weighted by molar-refractivity contribution is 7.88. The van der Waals surface area contributed by atoms with Crippen LogP contribution in [0.15, 0.2) is 0 Å². The molecule has 88 valence electrons. The van der Waals surface area contributed by atoms with Gasteiger partial charge in [0.05, 0.1) is 6.26 Å². The van der Waals surface area contributed by atoms with Gasteiger partial charge in [0, 0.05) is 19.1 Å². The van der Waals surface area contributed by atoms with Gasteiger partial charge >= 0.3 is 0 Å². The van der Waals surface area contributed by atoms with Gasteiger partial charge in [-0.25, -0.2) is 12.7 Å². The Morgan fingerprint density at radius 2 is 2.00 bits per heavy atom. The van der Waals surface area contributed by atoms with Gasteiger partial charge in [-0.15, -0.1) is 11.6 Å². The second kappa shape index (κ2) is 5.14. The van der Waals surface area contributed by atoms with Crippen molar-refractivity contribution in [2.75, 3.05) is 25.2 Å². The summed E-state index contributed by atoms with van der Waals surface area (Å²) in [6, 6.07) is 0.0502. The number of rotatable bonds is 3. The molecule has 0 spiro atoms. The lowest BCUT2D eigenvalue weighted by atomic mass is 10.1. The van der Waals surface area contributed by atoms with E-state index in [9.17, 15) is 13.2 Å². The lowest BCUT2D eigenvalue weighted by Gasteiger charge is -2.30. The van der Waals surface area contributed by atoms with Crippen LogP contribution in [0.5, 0.6) is 0 Å². The van der Waals surface area contributed by atoms with Crippen molar-refractivity contribution < 1.29 is 13.2 Å². The van der Waals surface area contributed by atoms with Crippen molar-refractivity contribution in [3.8, 4) is 0 Å². The van der Waals surface area contributed by atoms with Gasteiger partial charge in [-0.3, -0.25) is 4.79 Å². The summed E-state index contributed by atoms with van der Waals surface area (Å²) in [6.07, 6.45) is 2.50. The van der Waals surface area contributed by atoms with Gasteiger partial charge in [0.1, 0.15) is 5.88 Å². The maximum Gasteiger partial charge on any atom is 0.235 e. The second-order valence-corrected chi connectivity index (χ2v) is 5.89. The maximum absolute atomic E-state index is 11.2. The molecule has 0 aromatic carbocycles. The van der Waals surface area contributed by atoms with Crippen LogP contribution in [0.1, 0.15) is 12.8 Å². The molecule has 1 saturated heterocycles. The highest BCUT2D eigenvalue weighted by Crippen LogP contribution is 2.12. The number of amides is 1. The average molecular weight is 255 g/mol. The zero-order valence-electron chi connectivity index (χ0n) is 8.57. The Kier molecular flexibility index (Phi) is 4.36. The second-order valence-electron chi connectivity index (χ2n) is 3.64. The van der Waals surface area contributed by atoms with Crippen LogP contribution in [0.25, 0.3) is 0 Å². The fourth-order valence-electron chi connectivity index (χ4n) is 1.60. The number of piperidine rings is 1. The third-order valence-electron chi connectivity index (χ3n) is 2.41. The lowest BCUT2D eigenvalue weighted by molar-refractivity contribution is -0.119. The summed E-state index contributed by atoms with van der Waals surface area (Å²) in [5.41, 5.74) is 0. The largest absolute Gasteiger partial charge is 0.352 e. The van der Waals surface area contributed by atoms with Crippen LogP contribution >= 0.6 is 11.6 Å². The molecule has 1 aliphatic rings. The van der Waals surface area contributed by atoms with E-state index in [0.717, 1.165) is 0 Å². The van der Waals surface area contributed by atoms with E-state index in [1.54, 1.807) is 0 Å². The van der Waals surface area contributed by atoms with Crippen LogP contribution in [-0.2, 0) is 14.8 Å². The summed E-state index contributed by atoms with van der Waals surface area (Å²) in [4.78, 5) is 11.0. The summed E-state index contributed by atoms with van der Waals surface area (Å²) in [5.74, 6) is -0.249. The first-order valence-electron chi connectivity index (χ1n) is 4.74. The van der Waals surface area contributed by atoms with E-state index in [2.05, 4.69) is 5.32 Å². The molecule has 0 saturated carbocycles. The molecule has 0 radical (unpaired) electrons. The quantitative estimate of drug-likeness (QED) is 0.708. The topological polar surface area (TPSA) is 66.5 Å². The van der Waals surface area contributed by atoms with Crippen LogP contribution in [-0.4, -0.2) is 49.9 Å². The predicted octanol–water partition coefficient (Wildman–Crippen LogP) is -0.235. The summed E-state index contributed by atoms with van der Waals surface area (Å²) >= 11 is 5.35. The van der Waals surface area contributed by atoms with E-state index in [4.69, 9.17) is 11.6 Å². The number of nitrogens with one attached hydrogen (secondary N) is 1. The van der Waals surface area contributed by atoms with E-state index in [-0.39, 0.29) is 17.8 Å². The minimum atomic E-state index is -3.09. The van der Waals surface area contributed by atoms with E-state index >= 15 is 0 Å². The van der Waals surface area contributed by atoms with Crippen molar-refractivity contribution in [1.82, 2.24) is 9.62 Å². The van der Waals surface area contributed by atoms with Gasteiger partial charge in [0.2, 0.25) is 15.9 Å². The molecular weight excluding hydrogens is 240 g/mol. The molecule has 0 bridgehead atoms. The third kappa shape index (κ3) is 3.96. The SMILES string of the molecule is CS(=O)(=O)N1CCC(NC(=O)CCl)CC1. The first-order chi connectivity index (χ1) is 6.93. The predicted molar refractivity (Wildman–Crippen MR) is 58.3 cm³/mol. The van der Waals surface area contributed by atoms with Crippen LogP contribution in [0.2, 0.25) is 0 Å². The fourth-order valence-corrected chi connectivity index (χ4v) is 2.55. The molecule has 0 unspecified atom stereocenters. The van der Waals surface area contributed by atoms with Crippen molar-refractivity contribution in [3.05, 3.63) is 0 Å². The number of carbonyl (C=O) groups excluding carboxylic acids is 1. The molecule has 5 nitrogen and oxygen atoms in total. The molecule has 0 aliphatic carbocycles. The first kappa shape index (κ1) is 12.7. The van der Waals surface area contributed by atoms with Gasteiger partial charge in [-0.2, -0.15) is 0 Å². The zero-order valence-corrected chi connectivity index (χ0v) is 10.1. The Labute approximate surface area is 94.8 Å². The van der Waals surface area contributed by atoms with Crippen LogP contribution in [0, 0.1) is 0 Å². The Morgan fingerprint density at radius 1 is 1.47 bits per heavy atom. The van der Waals surface area contributed by atoms with Crippen molar-refractivity contribution in [1.29, 1.82) is 0 Å². The molecule has 1 aliphatic heterocycles. The standard InChI is InChI=1S/C8H15ClN2O3S/c1-15(13,14)11-4-2-7(3-5-11)10-8(12)6-9/h7H,2-6H2,1H3,(H,10,12). The molecule has 1 rings (SSSR count). The van der Waals surface area contributed by atoms with E-state index in [0.29, 0.717) is 25.9 Å². The monoisotopic (exact) mass is 254 g/mol. The lowest BCUT2D eigenvalue weighted by Crippen LogP contribution is -2.46. The first-order valence-corrected chi connectivity index (χ1v) is 7.12. The minimum Gasteiger partial charge on any atom is -0.352 e.